The number of rotatable bonds is 7. The zero-order chi connectivity index (χ0) is 24.1. The lowest BCUT2D eigenvalue weighted by Crippen LogP contribution is -2.41. The summed E-state index contributed by atoms with van der Waals surface area (Å²) in [6.07, 6.45) is -2.84. The molecule has 1 aromatic heterocycles. The average molecular weight is 501 g/mol. The van der Waals surface area contributed by atoms with Gasteiger partial charge in [-0.3, -0.25) is 19.8 Å². The lowest BCUT2D eigenvalue weighted by molar-refractivity contribution is -0.274. The number of amides is 2. The van der Waals surface area contributed by atoms with E-state index in [-0.39, 0.29) is 22.9 Å². The van der Waals surface area contributed by atoms with Crippen LogP contribution in [0.1, 0.15) is 23.2 Å². The predicted octanol–water partition coefficient (Wildman–Crippen LogP) is 2.56. The van der Waals surface area contributed by atoms with Crippen LogP contribution in [0, 0.1) is 0 Å². The van der Waals surface area contributed by atoms with Gasteiger partial charge in [-0.15, -0.1) is 23.4 Å². The molecular weight excluding hydrogens is 477 g/mol. The van der Waals surface area contributed by atoms with Crippen molar-refractivity contribution in [1.82, 2.24) is 15.1 Å². The fourth-order valence-corrected chi connectivity index (χ4v) is 4.40. The Balaban J connectivity index is 1.47. The molecule has 34 heavy (non-hydrogen) atoms. The second-order valence-corrected chi connectivity index (χ2v) is 8.69. The monoisotopic (exact) mass is 500 g/mol. The SMILES string of the molecule is O=C(CN1CCOCC1)Nc1cc(C(=O)Nc2nnc(N3CCCC3)s2)ccc1OC(F)(F)F. The van der Waals surface area contributed by atoms with Crippen LogP contribution in [0.4, 0.5) is 29.1 Å². The first-order chi connectivity index (χ1) is 16.3. The molecule has 4 rings (SSSR count). The highest BCUT2D eigenvalue weighted by Gasteiger charge is 2.33. The third kappa shape index (κ3) is 6.55. The molecule has 0 spiro atoms. The Kier molecular flexibility index (Phi) is 7.48. The molecule has 2 fully saturated rings. The van der Waals surface area contributed by atoms with Gasteiger partial charge in [-0.05, 0) is 31.0 Å². The van der Waals surface area contributed by atoms with Crippen molar-refractivity contribution in [2.75, 3.05) is 61.5 Å². The largest absolute Gasteiger partial charge is 0.573 e. The van der Waals surface area contributed by atoms with E-state index in [1.807, 2.05) is 4.90 Å². The van der Waals surface area contributed by atoms with E-state index in [1.54, 1.807) is 0 Å². The van der Waals surface area contributed by atoms with Crippen LogP contribution >= 0.6 is 11.3 Å². The Bertz CT molecular complexity index is 1020. The summed E-state index contributed by atoms with van der Waals surface area (Å²) in [5, 5.41) is 14.0. The lowest BCUT2D eigenvalue weighted by Gasteiger charge is -2.26. The van der Waals surface area contributed by atoms with Crippen LogP contribution in [0.3, 0.4) is 0 Å². The summed E-state index contributed by atoms with van der Waals surface area (Å²) < 4.78 is 47.8. The van der Waals surface area contributed by atoms with Crippen molar-refractivity contribution in [3.8, 4) is 5.75 Å². The van der Waals surface area contributed by atoms with Gasteiger partial charge in [0.25, 0.3) is 5.91 Å². The molecule has 1 aromatic carbocycles. The first kappa shape index (κ1) is 24.2. The van der Waals surface area contributed by atoms with Gasteiger partial charge in [0.15, 0.2) is 5.75 Å². The van der Waals surface area contributed by atoms with E-state index in [4.69, 9.17) is 4.74 Å². The van der Waals surface area contributed by atoms with Gasteiger partial charge in [-0.25, -0.2) is 0 Å². The zero-order valence-electron chi connectivity index (χ0n) is 18.1. The van der Waals surface area contributed by atoms with Crippen molar-refractivity contribution >= 4 is 39.1 Å². The molecule has 14 heteroatoms. The highest BCUT2D eigenvalue weighted by atomic mass is 32.1. The Morgan fingerprint density at radius 3 is 2.53 bits per heavy atom. The number of carbonyl (C=O) groups excluding carboxylic acids is 2. The van der Waals surface area contributed by atoms with Crippen molar-refractivity contribution in [3.05, 3.63) is 23.8 Å². The number of nitrogens with zero attached hydrogens (tertiary/aromatic N) is 4. The summed E-state index contributed by atoms with van der Waals surface area (Å²) in [7, 11) is 0. The molecular formula is C20H23F3N6O4S. The van der Waals surface area contributed by atoms with Gasteiger partial charge >= 0.3 is 6.36 Å². The normalized spacial score (nSPS) is 17.0. The second-order valence-electron chi connectivity index (χ2n) is 7.73. The van der Waals surface area contributed by atoms with Gasteiger partial charge in [-0.1, -0.05) is 11.3 Å². The molecule has 0 aliphatic carbocycles. The number of benzene rings is 1. The molecule has 2 aliphatic rings. The summed E-state index contributed by atoms with van der Waals surface area (Å²) in [6.45, 7) is 3.71. The minimum absolute atomic E-state index is 0.0223. The Hall–Kier alpha value is -2.97. The molecule has 2 saturated heterocycles. The number of carbonyl (C=O) groups is 2. The standard InChI is InChI=1S/C20H23F3N6O4S/c21-20(22,23)33-15-4-3-13(11-14(15)24-16(30)12-28-7-9-32-10-8-28)17(31)25-18-26-27-19(34-18)29-5-1-2-6-29/h3-4,11H,1-2,5-10,12H2,(H,24,30)(H,25,26,31). The number of aromatic nitrogens is 2. The third-order valence-corrected chi connectivity index (χ3v) is 6.12. The Labute approximate surface area is 197 Å². The number of ether oxygens (including phenoxy) is 2. The van der Waals surface area contributed by atoms with Crippen LogP contribution < -0.4 is 20.3 Å². The van der Waals surface area contributed by atoms with Crippen LogP contribution in [0.15, 0.2) is 18.2 Å². The van der Waals surface area contributed by atoms with Crippen molar-refractivity contribution in [1.29, 1.82) is 0 Å². The van der Waals surface area contributed by atoms with E-state index in [9.17, 15) is 22.8 Å². The minimum Gasteiger partial charge on any atom is -0.404 e. The number of halogens is 3. The van der Waals surface area contributed by atoms with Crippen molar-refractivity contribution in [2.24, 2.45) is 0 Å². The molecule has 2 aromatic rings. The van der Waals surface area contributed by atoms with E-state index in [0.717, 1.165) is 38.1 Å². The minimum atomic E-state index is -4.97. The van der Waals surface area contributed by atoms with Crippen LogP contribution in [-0.4, -0.2) is 79.2 Å². The van der Waals surface area contributed by atoms with Crippen molar-refractivity contribution in [3.63, 3.8) is 0 Å². The summed E-state index contributed by atoms with van der Waals surface area (Å²) in [5.74, 6) is -1.76. The molecule has 184 valence electrons. The quantitative estimate of drug-likeness (QED) is 0.597. The highest BCUT2D eigenvalue weighted by molar-refractivity contribution is 7.19. The van der Waals surface area contributed by atoms with E-state index in [1.165, 1.54) is 17.4 Å². The fourth-order valence-electron chi connectivity index (χ4n) is 3.61. The van der Waals surface area contributed by atoms with Crippen LogP contribution in [0.2, 0.25) is 0 Å². The summed E-state index contributed by atoms with van der Waals surface area (Å²) in [5.41, 5.74) is -0.243. The van der Waals surface area contributed by atoms with Gasteiger partial charge in [0.1, 0.15) is 0 Å². The predicted molar refractivity (Wildman–Crippen MR) is 118 cm³/mol. The molecule has 2 N–H and O–H groups in total. The molecule has 0 bridgehead atoms. The van der Waals surface area contributed by atoms with Gasteiger partial charge in [0.2, 0.25) is 16.2 Å². The van der Waals surface area contributed by atoms with Crippen molar-refractivity contribution in [2.45, 2.75) is 19.2 Å². The topological polar surface area (TPSA) is 109 Å². The molecule has 0 radical (unpaired) electrons. The molecule has 2 aliphatic heterocycles. The third-order valence-electron chi connectivity index (χ3n) is 5.22. The number of anilines is 3. The van der Waals surface area contributed by atoms with Crippen LogP contribution in [0.25, 0.3) is 0 Å². The number of hydrogen-bond acceptors (Lipinski definition) is 9. The van der Waals surface area contributed by atoms with E-state index in [0.29, 0.717) is 31.4 Å². The van der Waals surface area contributed by atoms with Gasteiger partial charge in [0, 0.05) is 31.7 Å². The maximum atomic E-state index is 12.9. The highest BCUT2D eigenvalue weighted by Crippen LogP contribution is 2.32. The van der Waals surface area contributed by atoms with Crippen LogP contribution in [0.5, 0.6) is 5.75 Å². The van der Waals surface area contributed by atoms with Gasteiger partial charge in [-0.2, -0.15) is 0 Å². The Morgan fingerprint density at radius 1 is 1.09 bits per heavy atom. The second kappa shape index (κ2) is 10.5. The molecule has 2 amide bonds. The Morgan fingerprint density at radius 2 is 1.82 bits per heavy atom. The number of morpholine rings is 1. The molecule has 3 heterocycles. The summed E-state index contributed by atoms with van der Waals surface area (Å²) >= 11 is 1.21. The van der Waals surface area contributed by atoms with E-state index >= 15 is 0 Å². The maximum absolute atomic E-state index is 12.9. The van der Waals surface area contributed by atoms with Gasteiger partial charge in [0.05, 0.1) is 25.4 Å². The summed E-state index contributed by atoms with van der Waals surface area (Å²) in [4.78, 5) is 29.0. The number of alkyl halides is 3. The van der Waals surface area contributed by atoms with Crippen molar-refractivity contribution < 1.29 is 32.2 Å². The van der Waals surface area contributed by atoms with Gasteiger partial charge < -0.3 is 19.7 Å². The molecule has 0 unspecified atom stereocenters. The smallest absolute Gasteiger partial charge is 0.404 e. The summed E-state index contributed by atoms with van der Waals surface area (Å²) in [6, 6.07) is 3.30. The lowest BCUT2D eigenvalue weighted by atomic mass is 10.1. The molecule has 0 atom stereocenters. The average Bonchev–Trinajstić information content (AvgIpc) is 3.46. The van der Waals surface area contributed by atoms with E-state index < -0.39 is 23.9 Å². The number of hydrogen-bond donors (Lipinski definition) is 2. The number of nitrogens with one attached hydrogen (secondary N) is 2. The molecule has 0 saturated carbocycles. The maximum Gasteiger partial charge on any atom is 0.573 e. The zero-order valence-corrected chi connectivity index (χ0v) is 18.9. The first-order valence-electron chi connectivity index (χ1n) is 10.7. The van der Waals surface area contributed by atoms with Crippen LogP contribution in [-0.2, 0) is 9.53 Å². The first-order valence-corrected chi connectivity index (χ1v) is 11.5. The van der Waals surface area contributed by atoms with E-state index in [2.05, 4.69) is 30.5 Å². The molecule has 10 nitrogen and oxygen atoms in total. The fraction of sp³-hybridized carbons (Fsp3) is 0.500.